The van der Waals surface area contributed by atoms with Gasteiger partial charge in [-0.1, -0.05) is 6.92 Å². The van der Waals surface area contributed by atoms with Gasteiger partial charge < -0.3 is 5.73 Å². The number of aromatic nitrogens is 2. The van der Waals surface area contributed by atoms with Gasteiger partial charge in [-0.05, 0) is 12.2 Å². The molecule has 0 aromatic carbocycles. The van der Waals surface area contributed by atoms with Crippen LogP contribution in [0.3, 0.4) is 0 Å². The van der Waals surface area contributed by atoms with Gasteiger partial charge >= 0.3 is 0 Å². The number of rotatable bonds is 5. The minimum Gasteiger partial charge on any atom is -0.323 e. The lowest BCUT2D eigenvalue weighted by Gasteiger charge is -2.07. The molecule has 0 saturated carbocycles. The molecule has 0 bridgehead atoms. The van der Waals surface area contributed by atoms with Crippen LogP contribution >= 0.6 is 11.8 Å². The monoisotopic (exact) mass is 199 g/mol. The molecule has 0 fully saturated rings. The maximum atomic E-state index is 5.97. The van der Waals surface area contributed by atoms with E-state index in [0.29, 0.717) is 0 Å². The van der Waals surface area contributed by atoms with Crippen molar-refractivity contribution < 1.29 is 0 Å². The number of nitrogens with two attached hydrogens (primary N) is 1. The second-order valence-corrected chi connectivity index (χ2v) is 4.28. The van der Waals surface area contributed by atoms with Crippen LogP contribution in [0.25, 0.3) is 0 Å². The Bertz CT molecular complexity index is 247. The topological polar surface area (TPSA) is 43.8 Å². The highest BCUT2D eigenvalue weighted by molar-refractivity contribution is 7.99. The molecule has 13 heavy (non-hydrogen) atoms. The van der Waals surface area contributed by atoms with E-state index in [-0.39, 0.29) is 6.04 Å². The van der Waals surface area contributed by atoms with E-state index in [2.05, 4.69) is 12.0 Å². The Hall–Kier alpha value is -0.480. The Morgan fingerprint density at radius 3 is 3.00 bits per heavy atom. The average Bonchev–Trinajstić information content (AvgIpc) is 2.52. The van der Waals surface area contributed by atoms with Crippen molar-refractivity contribution in [3.8, 4) is 0 Å². The first-order valence-corrected chi connectivity index (χ1v) is 5.71. The van der Waals surface area contributed by atoms with E-state index in [1.165, 1.54) is 12.2 Å². The summed E-state index contributed by atoms with van der Waals surface area (Å²) in [6.07, 6.45) is 5.04. The first kappa shape index (κ1) is 10.6. The number of aryl methyl sites for hydroxylation is 1. The van der Waals surface area contributed by atoms with Crippen LogP contribution < -0.4 is 5.73 Å². The Morgan fingerprint density at radius 1 is 1.69 bits per heavy atom. The van der Waals surface area contributed by atoms with Crippen molar-refractivity contribution >= 4 is 11.8 Å². The van der Waals surface area contributed by atoms with Crippen molar-refractivity contribution in [2.24, 2.45) is 12.8 Å². The normalized spacial score (nSPS) is 13.2. The van der Waals surface area contributed by atoms with Crippen molar-refractivity contribution in [2.75, 3.05) is 11.5 Å². The Labute approximate surface area is 83.7 Å². The van der Waals surface area contributed by atoms with Gasteiger partial charge in [0.05, 0.1) is 6.20 Å². The highest BCUT2D eigenvalue weighted by atomic mass is 32.2. The van der Waals surface area contributed by atoms with Crippen molar-refractivity contribution in [1.82, 2.24) is 9.78 Å². The molecule has 4 heteroatoms. The third-order valence-electron chi connectivity index (χ3n) is 1.80. The first-order chi connectivity index (χ1) is 6.24. The molecule has 0 aliphatic rings. The molecular weight excluding hydrogens is 182 g/mol. The van der Waals surface area contributed by atoms with Gasteiger partial charge in [0.25, 0.3) is 0 Å². The quantitative estimate of drug-likeness (QED) is 0.732. The maximum absolute atomic E-state index is 5.97. The van der Waals surface area contributed by atoms with Crippen LogP contribution in [0.5, 0.6) is 0 Å². The van der Waals surface area contributed by atoms with E-state index in [9.17, 15) is 0 Å². The van der Waals surface area contributed by atoms with Crippen molar-refractivity contribution in [3.05, 3.63) is 18.0 Å². The summed E-state index contributed by atoms with van der Waals surface area (Å²) in [4.78, 5) is 0. The molecule has 1 aromatic rings. The van der Waals surface area contributed by atoms with E-state index in [1.807, 2.05) is 31.2 Å². The molecule has 0 saturated heterocycles. The van der Waals surface area contributed by atoms with Gasteiger partial charge in [-0.3, -0.25) is 4.68 Å². The first-order valence-electron chi connectivity index (χ1n) is 4.56. The summed E-state index contributed by atoms with van der Waals surface area (Å²) in [5, 5.41) is 4.09. The summed E-state index contributed by atoms with van der Waals surface area (Å²) >= 11 is 1.90. The van der Waals surface area contributed by atoms with Gasteiger partial charge in [-0.2, -0.15) is 16.9 Å². The summed E-state index contributed by atoms with van der Waals surface area (Å²) in [6, 6.07) is 0.130. The molecule has 0 amide bonds. The average molecular weight is 199 g/mol. The molecule has 1 rings (SSSR count). The number of nitrogens with zero attached hydrogens (tertiary/aromatic N) is 2. The Kier molecular flexibility index (Phi) is 4.32. The highest BCUT2D eigenvalue weighted by Crippen LogP contribution is 2.15. The highest BCUT2D eigenvalue weighted by Gasteiger charge is 2.06. The summed E-state index contributed by atoms with van der Waals surface area (Å²) < 4.78 is 1.79. The SMILES string of the molecule is CCCSCC(N)c1cnn(C)c1. The predicted molar refractivity (Wildman–Crippen MR) is 57.8 cm³/mol. The molecule has 0 radical (unpaired) electrons. The summed E-state index contributed by atoms with van der Waals surface area (Å²) in [7, 11) is 1.91. The fraction of sp³-hybridized carbons (Fsp3) is 0.667. The minimum atomic E-state index is 0.130. The van der Waals surface area contributed by atoms with E-state index >= 15 is 0 Å². The van der Waals surface area contributed by atoms with Crippen LogP contribution in [-0.4, -0.2) is 21.3 Å². The second-order valence-electron chi connectivity index (χ2n) is 3.13. The molecule has 1 aromatic heterocycles. The van der Waals surface area contributed by atoms with Gasteiger partial charge in [-0.15, -0.1) is 0 Å². The molecule has 1 unspecified atom stereocenters. The largest absolute Gasteiger partial charge is 0.323 e. The lowest BCUT2D eigenvalue weighted by molar-refractivity contribution is 0.763. The van der Waals surface area contributed by atoms with Crippen LogP contribution in [0.15, 0.2) is 12.4 Å². The molecule has 1 atom stereocenters. The van der Waals surface area contributed by atoms with Crippen LogP contribution in [0.4, 0.5) is 0 Å². The van der Waals surface area contributed by atoms with E-state index < -0.39 is 0 Å². The summed E-state index contributed by atoms with van der Waals surface area (Å²) in [5.74, 6) is 2.17. The Balaban J connectivity index is 2.35. The molecule has 3 nitrogen and oxygen atoms in total. The zero-order valence-corrected chi connectivity index (χ0v) is 9.05. The van der Waals surface area contributed by atoms with E-state index in [1.54, 1.807) is 4.68 Å². The third-order valence-corrected chi connectivity index (χ3v) is 3.09. The Morgan fingerprint density at radius 2 is 2.46 bits per heavy atom. The number of hydrogen-bond donors (Lipinski definition) is 1. The van der Waals surface area contributed by atoms with Gasteiger partial charge in [0.2, 0.25) is 0 Å². The van der Waals surface area contributed by atoms with Crippen molar-refractivity contribution in [1.29, 1.82) is 0 Å². The maximum Gasteiger partial charge on any atom is 0.0537 e. The predicted octanol–water partition coefficient (Wildman–Crippen LogP) is 1.56. The molecule has 0 aliphatic carbocycles. The lowest BCUT2D eigenvalue weighted by Crippen LogP contribution is -2.12. The van der Waals surface area contributed by atoms with Crippen molar-refractivity contribution in [2.45, 2.75) is 19.4 Å². The number of hydrogen-bond acceptors (Lipinski definition) is 3. The smallest absolute Gasteiger partial charge is 0.0537 e. The summed E-state index contributed by atoms with van der Waals surface area (Å²) in [5.41, 5.74) is 7.11. The molecule has 0 aliphatic heterocycles. The van der Waals surface area contributed by atoms with Crippen LogP contribution in [0.1, 0.15) is 24.9 Å². The lowest BCUT2D eigenvalue weighted by atomic mass is 10.2. The number of thioether (sulfide) groups is 1. The molecule has 0 spiro atoms. The van der Waals surface area contributed by atoms with E-state index in [0.717, 1.165) is 11.3 Å². The standard InChI is InChI=1S/C9H17N3S/c1-3-4-13-7-9(10)8-5-11-12(2)6-8/h5-6,9H,3-4,7,10H2,1-2H3. The molecule has 74 valence electrons. The van der Waals surface area contributed by atoms with Crippen LogP contribution in [0.2, 0.25) is 0 Å². The fourth-order valence-electron chi connectivity index (χ4n) is 1.08. The zero-order valence-electron chi connectivity index (χ0n) is 8.23. The molecule has 1 heterocycles. The van der Waals surface area contributed by atoms with Crippen LogP contribution in [0, 0.1) is 0 Å². The zero-order chi connectivity index (χ0) is 9.68. The van der Waals surface area contributed by atoms with Gasteiger partial charge in [0.1, 0.15) is 0 Å². The third kappa shape index (κ3) is 3.40. The molecular formula is C9H17N3S. The van der Waals surface area contributed by atoms with Gasteiger partial charge in [-0.25, -0.2) is 0 Å². The van der Waals surface area contributed by atoms with Gasteiger partial charge in [0.15, 0.2) is 0 Å². The van der Waals surface area contributed by atoms with Crippen LogP contribution in [-0.2, 0) is 7.05 Å². The second kappa shape index (κ2) is 5.29. The van der Waals surface area contributed by atoms with Crippen molar-refractivity contribution in [3.63, 3.8) is 0 Å². The van der Waals surface area contributed by atoms with E-state index in [4.69, 9.17) is 5.73 Å². The molecule has 2 N–H and O–H groups in total. The fourth-order valence-corrected chi connectivity index (χ4v) is 1.98. The van der Waals surface area contributed by atoms with Gasteiger partial charge in [0, 0.05) is 30.6 Å². The minimum absolute atomic E-state index is 0.130. The summed E-state index contributed by atoms with van der Waals surface area (Å²) in [6.45, 7) is 2.18.